The van der Waals surface area contributed by atoms with Gasteiger partial charge in [0, 0.05) is 6.42 Å². The van der Waals surface area contributed by atoms with E-state index in [1.54, 1.807) is 0 Å². The Hall–Kier alpha value is -1.06. The minimum atomic E-state index is -0.154. The first-order chi connectivity index (χ1) is 9.12. The van der Waals surface area contributed by atoms with Gasteiger partial charge >= 0.3 is 11.9 Å². The molecule has 0 bridgehead atoms. The van der Waals surface area contributed by atoms with Gasteiger partial charge in [0.25, 0.3) is 0 Å². The molecule has 118 valence electrons. The molecule has 0 aromatic heterocycles. The predicted octanol–water partition coefficient (Wildman–Crippen LogP) is 3.73. The molecule has 0 aliphatic rings. The second-order valence-electron chi connectivity index (χ2n) is 6.79. The average molecular weight is 286 g/mol. The third kappa shape index (κ3) is 8.94. The summed E-state index contributed by atoms with van der Waals surface area (Å²) >= 11 is 0. The van der Waals surface area contributed by atoms with Crippen molar-refractivity contribution in [2.75, 3.05) is 13.2 Å². The van der Waals surface area contributed by atoms with E-state index < -0.39 is 0 Å². The summed E-state index contributed by atoms with van der Waals surface area (Å²) in [5.74, 6) is -0.303. The highest BCUT2D eigenvalue weighted by Crippen LogP contribution is 2.39. The molecule has 0 atom stereocenters. The number of carbonyl (C=O) groups excluding carboxylic acids is 2. The molecule has 0 radical (unpaired) electrons. The number of rotatable bonds is 9. The molecule has 0 aliphatic carbocycles. The standard InChI is InChI=1S/C16H30O4/c1-7-19-13(17)9-10-15(3,4)12-16(5,6)11-14(18)20-8-2/h7-12H2,1-6H3. The lowest BCUT2D eigenvalue weighted by atomic mass is 9.71. The number of hydrogen-bond donors (Lipinski definition) is 0. The van der Waals surface area contributed by atoms with Crippen molar-refractivity contribution in [1.29, 1.82) is 0 Å². The second kappa shape index (κ2) is 8.28. The van der Waals surface area contributed by atoms with Gasteiger partial charge in [-0.2, -0.15) is 0 Å². The van der Waals surface area contributed by atoms with Crippen LogP contribution in [0.4, 0.5) is 0 Å². The minimum absolute atomic E-state index is 0.0112. The van der Waals surface area contributed by atoms with Crippen LogP contribution < -0.4 is 0 Å². The Bertz CT molecular complexity index is 318. The maximum absolute atomic E-state index is 11.6. The Labute approximate surface area is 123 Å². The zero-order valence-corrected chi connectivity index (χ0v) is 13.9. The van der Waals surface area contributed by atoms with Gasteiger partial charge in [-0.25, -0.2) is 0 Å². The molecular weight excluding hydrogens is 256 g/mol. The summed E-state index contributed by atoms with van der Waals surface area (Å²) < 4.78 is 9.96. The van der Waals surface area contributed by atoms with Crippen molar-refractivity contribution in [3.8, 4) is 0 Å². The highest BCUT2D eigenvalue weighted by atomic mass is 16.5. The van der Waals surface area contributed by atoms with E-state index in [4.69, 9.17) is 9.47 Å². The van der Waals surface area contributed by atoms with Crippen LogP contribution in [-0.2, 0) is 19.1 Å². The van der Waals surface area contributed by atoms with Crippen LogP contribution in [0, 0.1) is 10.8 Å². The van der Waals surface area contributed by atoms with Crippen molar-refractivity contribution in [3.05, 3.63) is 0 Å². The van der Waals surface area contributed by atoms with Crippen molar-refractivity contribution in [3.63, 3.8) is 0 Å². The molecule has 0 aromatic rings. The topological polar surface area (TPSA) is 52.6 Å². The van der Waals surface area contributed by atoms with Gasteiger partial charge in [0.1, 0.15) is 0 Å². The van der Waals surface area contributed by atoms with Crippen LogP contribution in [0.5, 0.6) is 0 Å². The largest absolute Gasteiger partial charge is 0.466 e. The highest BCUT2D eigenvalue weighted by Gasteiger charge is 2.31. The fraction of sp³-hybridized carbons (Fsp3) is 0.875. The average Bonchev–Trinajstić information content (AvgIpc) is 2.24. The van der Waals surface area contributed by atoms with Gasteiger partial charge < -0.3 is 9.47 Å². The third-order valence-electron chi connectivity index (χ3n) is 3.20. The lowest BCUT2D eigenvalue weighted by Crippen LogP contribution is -2.27. The summed E-state index contributed by atoms with van der Waals surface area (Å²) in [6, 6.07) is 0. The van der Waals surface area contributed by atoms with E-state index in [0.29, 0.717) is 26.1 Å². The number of ether oxygens (including phenoxy) is 2. The van der Waals surface area contributed by atoms with Crippen molar-refractivity contribution >= 4 is 11.9 Å². The Kier molecular flexibility index (Phi) is 7.84. The molecule has 0 saturated carbocycles. The molecule has 4 nitrogen and oxygen atoms in total. The van der Waals surface area contributed by atoms with Gasteiger partial charge in [-0.3, -0.25) is 9.59 Å². The quantitative estimate of drug-likeness (QED) is 0.606. The summed E-state index contributed by atoms with van der Waals surface area (Å²) in [6.45, 7) is 12.8. The van der Waals surface area contributed by atoms with Gasteiger partial charge in [0.05, 0.1) is 19.6 Å². The van der Waals surface area contributed by atoms with Crippen molar-refractivity contribution in [2.24, 2.45) is 10.8 Å². The molecule has 0 aromatic carbocycles. The first kappa shape index (κ1) is 18.9. The lowest BCUT2D eigenvalue weighted by Gasteiger charge is -2.34. The third-order valence-corrected chi connectivity index (χ3v) is 3.20. The van der Waals surface area contributed by atoms with Crippen molar-refractivity contribution < 1.29 is 19.1 Å². The molecule has 0 aliphatic heterocycles. The zero-order valence-electron chi connectivity index (χ0n) is 13.9. The van der Waals surface area contributed by atoms with E-state index in [9.17, 15) is 9.59 Å². The molecule has 0 saturated heterocycles. The van der Waals surface area contributed by atoms with Crippen LogP contribution >= 0.6 is 0 Å². The highest BCUT2D eigenvalue weighted by molar-refractivity contribution is 5.70. The number of hydrogen-bond acceptors (Lipinski definition) is 4. The van der Waals surface area contributed by atoms with Crippen LogP contribution in [0.3, 0.4) is 0 Å². The van der Waals surface area contributed by atoms with E-state index in [1.807, 2.05) is 13.8 Å². The predicted molar refractivity (Wildman–Crippen MR) is 79.3 cm³/mol. The Balaban J connectivity index is 4.34. The zero-order chi connectivity index (χ0) is 15.8. The smallest absolute Gasteiger partial charge is 0.306 e. The Morgan fingerprint density at radius 1 is 0.850 bits per heavy atom. The molecule has 0 spiro atoms. The fourth-order valence-electron chi connectivity index (χ4n) is 2.72. The summed E-state index contributed by atoms with van der Waals surface area (Å²) in [7, 11) is 0. The van der Waals surface area contributed by atoms with E-state index in [0.717, 1.165) is 12.8 Å². The van der Waals surface area contributed by atoms with E-state index in [-0.39, 0.29) is 22.8 Å². The Morgan fingerprint density at radius 2 is 1.35 bits per heavy atom. The molecule has 20 heavy (non-hydrogen) atoms. The maximum Gasteiger partial charge on any atom is 0.306 e. The first-order valence-electron chi connectivity index (χ1n) is 7.43. The normalized spacial score (nSPS) is 12.1. The summed E-state index contributed by atoms with van der Waals surface area (Å²) in [5, 5.41) is 0. The molecule has 0 N–H and O–H groups in total. The van der Waals surface area contributed by atoms with Crippen LogP contribution in [-0.4, -0.2) is 25.2 Å². The van der Waals surface area contributed by atoms with Crippen LogP contribution in [0.1, 0.15) is 67.2 Å². The van der Waals surface area contributed by atoms with Crippen molar-refractivity contribution in [1.82, 2.24) is 0 Å². The molecule has 0 rings (SSSR count). The molecule has 0 amide bonds. The molecular formula is C16H30O4. The summed E-state index contributed by atoms with van der Waals surface area (Å²) in [4.78, 5) is 23.0. The summed E-state index contributed by atoms with van der Waals surface area (Å²) in [5.41, 5.74) is -0.146. The maximum atomic E-state index is 11.6. The van der Waals surface area contributed by atoms with Crippen molar-refractivity contribution in [2.45, 2.75) is 67.2 Å². The van der Waals surface area contributed by atoms with E-state index >= 15 is 0 Å². The van der Waals surface area contributed by atoms with Crippen LogP contribution in [0.15, 0.2) is 0 Å². The molecule has 4 heteroatoms. The van der Waals surface area contributed by atoms with Crippen LogP contribution in [0.2, 0.25) is 0 Å². The van der Waals surface area contributed by atoms with Gasteiger partial charge in [0.2, 0.25) is 0 Å². The van der Waals surface area contributed by atoms with Crippen LogP contribution in [0.25, 0.3) is 0 Å². The summed E-state index contributed by atoms with van der Waals surface area (Å²) in [6.07, 6.45) is 2.45. The number of carbonyl (C=O) groups is 2. The second-order valence-corrected chi connectivity index (χ2v) is 6.79. The molecule has 0 unspecified atom stereocenters. The SMILES string of the molecule is CCOC(=O)CCC(C)(C)CC(C)(C)CC(=O)OCC. The van der Waals surface area contributed by atoms with Gasteiger partial charge in [-0.1, -0.05) is 27.7 Å². The lowest BCUT2D eigenvalue weighted by molar-refractivity contribution is -0.147. The molecule has 0 heterocycles. The van der Waals surface area contributed by atoms with E-state index in [2.05, 4.69) is 27.7 Å². The van der Waals surface area contributed by atoms with Gasteiger partial charge in [0.15, 0.2) is 0 Å². The van der Waals surface area contributed by atoms with E-state index in [1.165, 1.54) is 0 Å². The minimum Gasteiger partial charge on any atom is -0.466 e. The first-order valence-corrected chi connectivity index (χ1v) is 7.43. The Morgan fingerprint density at radius 3 is 1.85 bits per heavy atom. The monoisotopic (exact) mass is 286 g/mol. The van der Waals surface area contributed by atoms with Gasteiger partial charge in [-0.15, -0.1) is 0 Å². The number of esters is 2. The fourth-order valence-corrected chi connectivity index (χ4v) is 2.72. The van der Waals surface area contributed by atoms with Gasteiger partial charge in [-0.05, 0) is 37.5 Å². The molecule has 0 fully saturated rings.